The van der Waals surface area contributed by atoms with E-state index in [4.69, 9.17) is 9.57 Å². The molecule has 0 aliphatic rings. The van der Waals surface area contributed by atoms with E-state index in [1.807, 2.05) is 0 Å². The molecule has 25 heavy (non-hydrogen) atoms. The quantitative estimate of drug-likeness (QED) is 0.466. The number of methoxy groups -OCH3 is 1. The van der Waals surface area contributed by atoms with E-state index in [0.717, 1.165) is 5.06 Å². The van der Waals surface area contributed by atoms with Crippen LogP contribution >= 0.6 is 0 Å². The molecule has 1 rings (SSSR count). The van der Waals surface area contributed by atoms with Crippen LogP contribution in [0.4, 0.5) is 10.5 Å². The lowest BCUT2D eigenvalue weighted by Crippen LogP contribution is -2.42. The number of nitrogens with zero attached hydrogens (tertiary/aromatic N) is 2. The third kappa shape index (κ3) is 6.15. The molecule has 0 bridgehead atoms. The van der Waals surface area contributed by atoms with Crippen LogP contribution in [-0.4, -0.2) is 41.6 Å². The second-order valence-corrected chi connectivity index (χ2v) is 7.19. The van der Waals surface area contributed by atoms with Gasteiger partial charge in [0.15, 0.2) is 12.0 Å². The predicted molar refractivity (Wildman–Crippen MR) is 90.5 cm³/mol. The maximum absolute atomic E-state index is 12.6. The lowest BCUT2D eigenvalue weighted by molar-refractivity contribution is -0.0358. The van der Waals surface area contributed by atoms with Gasteiger partial charge in [-0.05, 0) is 53.7 Å². The van der Waals surface area contributed by atoms with Gasteiger partial charge in [0.1, 0.15) is 17.0 Å². The first-order chi connectivity index (χ1) is 11.4. The molecule has 8 heteroatoms. The van der Waals surface area contributed by atoms with Crippen LogP contribution in [0, 0.1) is 0 Å². The molecule has 1 aromatic heterocycles. The van der Waals surface area contributed by atoms with Gasteiger partial charge >= 0.3 is 12.1 Å². The summed E-state index contributed by atoms with van der Waals surface area (Å²) in [5, 5.41) is 0.846. The molecule has 0 spiro atoms. The third-order valence-electron chi connectivity index (χ3n) is 2.54. The van der Waals surface area contributed by atoms with Crippen molar-refractivity contribution in [1.82, 2.24) is 4.98 Å². The number of rotatable bonds is 4. The van der Waals surface area contributed by atoms with E-state index in [1.54, 1.807) is 41.5 Å². The molecule has 0 fully saturated rings. The normalized spacial score (nSPS) is 11.6. The van der Waals surface area contributed by atoms with Gasteiger partial charge in [-0.2, -0.15) is 5.06 Å². The summed E-state index contributed by atoms with van der Waals surface area (Å²) >= 11 is 0. The number of carbonyl (C=O) groups is 3. The molecule has 1 heterocycles. The molecule has 0 atom stereocenters. The lowest BCUT2D eigenvalue weighted by Gasteiger charge is -2.32. The number of aromatic nitrogens is 1. The van der Waals surface area contributed by atoms with Crippen molar-refractivity contribution in [3.63, 3.8) is 0 Å². The van der Waals surface area contributed by atoms with Crippen LogP contribution in [0.5, 0.6) is 0 Å². The van der Waals surface area contributed by atoms with Crippen molar-refractivity contribution >= 4 is 24.0 Å². The number of pyridine rings is 1. The number of anilines is 1. The Hall–Kier alpha value is -2.48. The third-order valence-corrected chi connectivity index (χ3v) is 2.54. The molecule has 0 saturated heterocycles. The molecule has 1 amide bonds. The minimum absolute atomic E-state index is 0.0154. The average Bonchev–Trinajstić information content (AvgIpc) is 2.48. The van der Waals surface area contributed by atoms with Gasteiger partial charge in [-0.15, -0.1) is 0 Å². The van der Waals surface area contributed by atoms with Gasteiger partial charge in [0.2, 0.25) is 0 Å². The molecular weight excluding hydrogens is 328 g/mol. The molecule has 0 aliphatic carbocycles. The first kappa shape index (κ1) is 20.6. The number of hydroxylamine groups is 1. The zero-order valence-corrected chi connectivity index (χ0v) is 15.6. The molecule has 0 saturated carbocycles. The molecular formula is C17H24N2O6. The Labute approximate surface area is 147 Å². The second kappa shape index (κ2) is 7.60. The Bertz CT molecular complexity index is 658. The number of hydrogen-bond donors (Lipinski definition) is 0. The molecule has 0 unspecified atom stereocenters. The molecule has 1 aromatic rings. The lowest BCUT2D eigenvalue weighted by atomic mass is 10.2. The standard InChI is InChI=1S/C17H24N2O6/c1-16(2,3)24-15(22)19(25-17(4,5)6)12-9-8-11(10-20)18-13(12)14(21)23-7/h8-10H,1-7H3. The minimum atomic E-state index is -0.826. The maximum atomic E-state index is 12.6. The van der Waals surface area contributed by atoms with E-state index >= 15 is 0 Å². The summed E-state index contributed by atoms with van der Waals surface area (Å²) in [6.45, 7) is 10.3. The van der Waals surface area contributed by atoms with Crippen molar-refractivity contribution in [2.75, 3.05) is 12.2 Å². The van der Waals surface area contributed by atoms with Crippen LogP contribution in [0.2, 0.25) is 0 Å². The van der Waals surface area contributed by atoms with E-state index in [-0.39, 0.29) is 17.1 Å². The summed E-state index contributed by atoms with van der Waals surface area (Å²) in [5.74, 6) is -0.815. The summed E-state index contributed by atoms with van der Waals surface area (Å²) in [5.41, 5.74) is -1.75. The summed E-state index contributed by atoms with van der Waals surface area (Å²) in [7, 11) is 1.17. The number of ether oxygens (including phenoxy) is 2. The SMILES string of the molecule is COC(=O)c1nc(C=O)ccc1N(OC(C)(C)C)C(=O)OC(C)(C)C. The largest absolute Gasteiger partial charge is 0.464 e. The summed E-state index contributed by atoms with van der Waals surface area (Å²) in [6, 6.07) is 2.73. The van der Waals surface area contributed by atoms with Crippen molar-refractivity contribution in [2.45, 2.75) is 52.7 Å². The molecule has 138 valence electrons. The van der Waals surface area contributed by atoms with E-state index in [1.165, 1.54) is 19.2 Å². The van der Waals surface area contributed by atoms with Gasteiger partial charge in [0.25, 0.3) is 0 Å². The molecule has 0 aliphatic heterocycles. The van der Waals surface area contributed by atoms with Crippen molar-refractivity contribution in [3.05, 3.63) is 23.5 Å². The summed E-state index contributed by atoms with van der Waals surface area (Å²) in [4.78, 5) is 45.2. The molecule has 0 N–H and O–H groups in total. The number of hydrogen-bond acceptors (Lipinski definition) is 7. The highest BCUT2D eigenvalue weighted by Gasteiger charge is 2.32. The summed E-state index contributed by atoms with van der Waals surface area (Å²) < 4.78 is 10.0. The first-order valence-corrected chi connectivity index (χ1v) is 7.65. The predicted octanol–water partition coefficient (Wildman–Crippen LogP) is 3.15. The average molecular weight is 352 g/mol. The highest BCUT2D eigenvalue weighted by atomic mass is 16.7. The van der Waals surface area contributed by atoms with Crippen LogP contribution in [0.1, 0.15) is 62.5 Å². The van der Waals surface area contributed by atoms with Gasteiger partial charge in [0, 0.05) is 0 Å². The van der Waals surface area contributed by atoms with Gasteiger partial charge in [-0.25, -0.2) is 14.6 Å². The summed E-state index contributed by atoms with van der Waals surface area (Å²) in [6.07, 6.45) is -0.341. The Morgan fingerprint density at radius 3 is 2.12 bits per heavy atom. The highest BCUT2D eigenvalue weighted by molar-refractivity contribution is 5.99. The van der Waals surface area contributed by atoms with Gasteiger partial charge in [-0.3, -0.25) is 9.63 Å². The topological polar surface area (TPSA) is 95.0 Å². The molecule has 8 nitrogen and oxygen atoms in total. The fraction of sp³-hybridized carbons (Fsp3) is 0.529. The number of amides is 1. The van der Waals surface area contributed by atoms with Gasteiger partial charge in [-0.1, -0.05) is 0 Å². The van der Waals surface area contributed by atoms with Crippen molar-refractivity contribution in [3.8, 4) is 0 Å². The molecule has 0 aromatic carbocycles. The fourth-order valence-electron chi connectivity index (χ4n) is 1.71. The van der Waals surface area contributed by atoms with E-state index in [2.05, 4.69) is 9.72 Å². The Morgan fingerprint density at radius 1 is 1.08 bits per heavy atom. The second-order valence-electron chi connectivity index (χ2n) is 7.19. The Balaban J connectivity index is 3.45. The van der Waals surface area contributed by atoms with Gasteiger partial charge < -0.3 is 9.47 Å². The van der Waals surface area contributed by atoms with E-state index in [9.17, 15) is 14.4 Å². The number of carbonyl (C=O) groups excluding carboxylic acids is 3. The zero-order valence-electron chi connectivity index (χ0n) is 15.6. The van der Waals surface area contributed by atoms with Crippen LogP contribution in [0.3, 0.4) is 0 Å². The van der Waals surface area contributed by atoms with Crippen molar-refractivity contribution < 1.29 is 28.7 Å². The van der Waals surface area contributed by atoms with Crippen LogP contribution in [0.25, 0.3) is 0 Å². The zero-order chi connectivity index (χ0) is 19.4. The minimum Gasteiger partial charge on any atom is -0.464 e. The van der Waals surface area contributed by atoms with Crippen LogP contribution < -0.4 is 5.06 Å². The molecule has 0 radical (unpaired) electrons. The Kier molecular flexibility index (Phi) is 6.26. The first-order valence-electron chi connectivity index (χ1n) is 7.65. The van der Waals surface area contributed by atoms with E-state index < -0.39 is 23.3 Å². The number of aldehydes is 1. The smallest absolute Gasteiger partial charge is 0.439 e. The van der Waals surface area contributed by atoms with E-state index in [0.29, 0.717) is 6.29 Å². The van der Waals surface area contributed by atoms with Crippen LogP contribution in [-0.2, 0) is 14.3 Å². The van der Waals surface area contributed by atoms with Crippen LogP contribution in [0.15, 0.2) is 12.1 Å². The fourth-order valence-corrected chi connectivity index (χ4v) is 1.71. The van der Waals surface area contributed by atoms with Crippen molar-refractivity contribution in [2.24, 2.45) is 0 Å². The highest BCUT2D eigenvalue weighted by Crippen LogP contribution is 2.26. The Morgan fingerprint density at radius 2 is 1.68 bits per heavy atom. The van der Waals surface area contributed by atoms with Crippen molar-refractivity contribution in [1.29, 1.82) is 0 Å². The van der Waals surface area contributed by atoms with Gasteiger partial charge in [0.05, 0.1) is 12.7 Å². The maximum Gasteiger partial charge on any atom is 0.439 e. The monoisotopic (exact) mass is 352 g/mol. The number of esters is 1.